The van der Waals surface area contributed by atoms with Gasteiger partial charge in [0.1, 0.15) is 31.4 Å². The molecule has 1 fully saturated rings. The highest BCUT2D eigenvalue weighted by Crippen LogP contribution is 2.27. The molecule has 1 aliphatic rings. The highest BCUT2D eigenvalue weighted by Gasteiger charge is 2.29. The average Bonchev–Trinajstić information content (AvgIpc) is 2.84. The van der Waals surface area contributed by atoms with E-state index in [4.69, 9.17) is 4.74 Å². The van der Waals surface area contributed by atoms with Crippen molar-refractivity contribution in [1.29, 1.82) is 0 Å². The number of unbranched alkanes of at least 4 members (excludes halogenated alkanes) is 1. The van der Waals surface area contributed by atoms with E-state index in [2.05, 4.69) is 0 Å². The number of rotatable bonds is 19. The summed E-state index contributed by atoms with van der Waals surface area (Å²) in [5, 5.41) is 30.1. The summed E-state index contributed by atoms with van der Waals surface area (Å²) in [6.07, 6.45) is 7.04. The lowest BCUT2D eigenvalue weighted by Gasteiger charge is -2.31. The lowest BCUT2D eigenvalue weighted by Crippen LogP contribution is -2.35. The molecule has 0 bridgehead atoms. The van der Waals surface area contributed by atoms with E-state index in [9.17, 15) is 39.3 Å². The first kappa shape index (κ1) is 30.0. The van der Waals surface area contributed by atoms with Crippen molar-refractivity contribution in [3.05, 3.63) is 12.2 Å². The number of allylic oxidation sites excluding steroid dienone is 2. The molecule has 0 aliphatic carbocycles. The Balaban J connectivity index is 2.55. The van der Waals surface area contributed by atoms with Gasteiger partial charge in [-0.1, -0.05) is 12.2 Å². The van der Waals surface area contributed by atoms with Gasteiger partial charge in [-0.2, -0.15) is 0 Å². The molecule has 0 aromatic carbocycles. The summed E-state index contributed by atoms with van der Waals surface area (Å²) in [6.45, 7) is 0. The molecule has 1 heterocycles. The van der Waals surface area contributed by atoms with Crippen LogP contribution in [0.3, 0.4) is 0 Å². The maximum Gasteiger partial charge on any atom is 0.154 e. The molecular formula is C25H38O9. The molecule has 3 N–H and O–H groups in total. The summed E-state index contributed by atoms with van der Waals surface area (Å²) < 4.78 is 5.42. The molecule has 8 unspecified atom stereocenters. The monoisotopic (exact) mass is 482 g/mol. The molecular weight excluding hydrogens is 444 g/mol. The number of aliphatic hydroxyl groups is 3. The van der Waals surface area contributed by atoms with Crippen LogP contribution in [0.4, 0.5) is 0 Å². The van der Waals surface area contributed by atoms with Crippen molar-refractivity contribution < 1.29 is 44.0 Å². The molecule has 0 saturated carbocycles. The maximum atomic E-state index is 11.5. The van der Waals surface area contributed by atoms with Crippen molar-refractivity contribution in [2.24, 2.45) is 23.7 Å². The van der Waals surface area contributed by atoms with Gasteiger partial charge in [0.25, 0.3) is 0 Å². The highest BCUT2D eigenvalue weighted by atomic mass is 16.6. The molecule has 9 heteroatoms. The molecule has 34 heavy (non-hydrogen) atoms. The van der Waals surface area contributed by atoms with Crippen LogP contribution in [0, 0.1) is 23.7 Å². The lowest BCUT2D eigenvalue weighted by atomic mass is 9.87. The number of carbonyl (C=O) groups is 5. The molecule has 1 rings (SSSR count). The Labute approximate surface area is 200 Å². The third-order valence-electron chi connectivity index (χ3n) is 6.39. The van der Waals surface area contributed by atoms with Gasteiger partial charge in [0.15, 0.2) is 6.29 Å². The zero-order valence-corrected chi connectivity index (χ0v) is 19.5. The van der Waals surface area contributed by atoms with E-state index in [0.29, 0.717) is 51.0 Å². The molecule has 0 radical (unpaired) electrons. The fraction of sp³-hybridized carbons (Fsp3) is 0.720. The number of carbonyl (C=O) groups excluding carboxylic acids is 5. The Kier molecular flexibility index (Phi) is 15.3. The zero-order chi connectivity index (χ0) is 25.3. The van der Waals surface area contributed by atoms with Crippen LogP contribution in [-0.2, 0) is 28.7 Å². The highest BCUT2D eigenvalue weighted by molar-refractivity contribution is 5.60. The van der Waals surface area contributed by atoms with Gasteiger partial charge in [-0.05, 0) is 57.8 Å². The van der Waals surface area contributed by atoms with Gasteiger partial charge in [-0.3, -0.25) is 0 Å². The summed E-state index contributed by atoms with van der Waals surface area (Å²) in [6, 6.07) is 0. The molecule has 9 nitrogen and oxygen atoms in total. The van der Waals surface area contributed by atoms with E-state index in [-0.39, 0.29) is 25.7 Å². The number of aliphatic hydroxyl groups excluding tert-OH is 3. The summed E-state index contributed by atoms with van der Waals surface area (Å²) >= 11 is 0. The molecule has 0 amide bonds. The number of hydrogen-bond donors (Lipinski definition) is 3. The molecule has 1 aliphatic heterocycles. The molecule has 0 aromatic rings. The van der Waals surface area contributed by atoms with E-state index in [1.165, 1.54) is 0 Å². The van der Waals surface area contributed by atoms with Gasteiger partial charge in [0, 0.05) is 30.1 Å². The van der Waals surface area contributed by atoms with Crippen LogP contribution in [-0.4, -0.2) is 71.4 Å². The third-order valence-corrected chi connectivity index (χ3v) is 6.39. The molecule has 0 spiro atoms. The second-order valence-corrected chi connectivity index (χ2v) is 8.97. The Hall–Kier alpha value is -2.07. The summed E-state index contributed by atoms with van der Waals surface area (Å²) in [5.74, 6) is -2.56. The summed E-state index contributed by atoms with van der Waals surface area (Å²) in [5.41, 5.74) is 0. The number of aldehydes is 5. The Morgan fingerprint density at radius 1 is 0.853 bits per heavy atom. The smallest absolute Gasteiger partial charge is 0.154 e. The largest absolute Gasteiger partial charge is 0.392 e. The summed E-state index contributed by atoms with van der Waals surface area (Å²) in [4.78, 5) is 56.1. The fourth-order valence-corrected chi connectivity index (χ4v) is 4.20. The first-order chi connectivity index (χ1) is 16.4. The zero-order valence-electron chi connectivity index (χ0n) is 19.5. The SMILES string of the molecule is O=CCCCC(O)C(C=O)CCC(O)C(C=O)CC=CC(C=O)CC(C=O)C1CCCC(O)O1. The summed E-state index contributed by atoms with van der Waals surface area (Å²) in [7, 11) is 0. The van der Waals surface area contributed by atoms with Crippen molar-refractivity contribution in [2.45, 2.75) is 88.8 Å². The topological polar surface area (TPSA) is 155 Å². The molecule has 0 aromatic heterocycles. The fourth-order valence-electron chi connectivity index (χ4n) is 4.20. The van der Waals surface area contributed by atoms with Gasteiger partial charge in [-0.15, -0.1) is 0 Å². The first-order valence-electron chi connectivity index (χ1n) is 12.0. The standard InChI is InChI=1S/C25H38O9/c26-12-2-1-7-22(31)20(16-29)10-11-23(32)19(15-28)6-3-5-18(14-27)13-21(17-30)24-8-4-9-25(33)34-24/h3,5,12,14-25,31-33H,1-2,4,6-11,13H2. The van der Waals surface area contributed by atoms with Gasteiger partial charge >= 0.3 is 0 Å². The Morgan fingerprint density at radius 2 is 1.56 bits per heavy atom. The van der Waals surface area contributed by atoms with Crippen LogP contribution < -0.4 is 0 Å². The maximum absolute atomic E-state index is 11.5. The minimum Gasteiger partial charge on any atom is -0.392 e. The van der Waals surface area contributed by atoms with Gasteiger partial charge in [0.2, 0.25) is 0 Å². The van der Waals surface area contributed by atoms with Crippen LogP contribution in [0.25, 0.3) is 0 Å². The van der Waals surface area contributed by atoms with E-state index in [1.54, 1.807) is 12.2 Å². The van der Waals surface area contributed by atoms with E-state index in [0.717, 1.165) is 19.0 Å². The third kappa shape index (κ3) is 10.9. The van der Waals surface area contributed by atoms with Crippen molar-refractivity contribution in [3.8, 4) is 0 Å². The molecule has 8 atom stereocenters. The Morgan fingerprint density at radius 3 is 2.15 bits per heavy atom. The predicted molar refractivity (Wildman–Crippen MR) is 122 cm³/mol. The van der Waals surface area contributed by atoms with E-state index < -0.39 is 48.3 Å². The second kappa shape index (κ2) is 17.4. The number of ether oxygens (including phenoxy) is 1. The normalized spacial score (nSPS) is 23.9. The van der Waals surface area contributed by atoms with Gasteiger partial charge in [0.05, 0.1) is 18.3 Å². The van der Waals surface area contributed by atoms with Crippen LogP contribution >= 0.6 is 0 Å². The van der Waals surface area contributed by atoms with Crippen molar-refractivity contribution >= 4 is 31.4 Å². The van der Waals surface area contributed by atoms with Gasteiger partial charge in [-0.25, -0.2) is 0 Å². The first-order valence-corrected chi connectivity index (χ1v) is 12.0. The van der Waals surface area contributed by atoms with Crippen LogP contribution in [0.1, 0.15) is 64.2 Å². The average molecular weight is 483 g/mol. The van der Waals surface area contributed by atoms with Gasteiger partial charge < -0.3 is 44.0 Å². The van der Waals surface area contributed by atoms with E-state index in [1.807, 2.05) is 0 Å². The Bertz CT molecular complexity index is 650. The van der Waals surface area contributed by atoms with Crippen molar-refractivity contribution in [3.63, 3.8) is 0 Å². The van der Waals surface area contributed by atoms with Crippen molar-refractivity contribution in [2.75, 3.05) is 0 Å². The minimum absolute atomic E-state index is 0.136. The quantitative estimate of drug-likeness (QED) is 0.140. The van der Waals surface area contributed by atoms with Crippen LogP contribution in [0.5, 0.6) is 0 Å². The number of hydrogen-bond acceptors (Lipinski definition) is 9. The second-order valence-electron chi connectivity index (χ2n) is 8.97. The molecule has 192 valence electrons. The minimum atomic E-state index is -1.03. The lowest BCUT2D eigenvalue weighted by molar-refractivity contribution is -0.178. The van der Waals surface area contributed by atoms with Crippen molar-refractivity contribution in [1.82, 2.24) is 0 Å². The van der Waals surface area contributed by atoms with Crippen LogP contribution in [0.15, 0.2) is 12.2 Å². The van der Waals surface area contributed by atoms with E-state index >= 15 is 0 Å². The van der Waals surface area contributed by atoms with Crippen LogP contribution in [0.2, 0.25) is 0 Å². The predicted octanol–water partition coefficient (Wildman–Crippen LogP) is 1.34. The molecule has 1 saturated heterocycles.